The largest absolute Gasteiger partial charge is 0.493 e. The SMILES string of the molecule is COC(=O)[C@@H]1CC(O)CN1C(=O)c1cc(OC)c(OC)cc1[N+](=O)[O-]. The number of esters is 1. The van der Waals surface area contributed by atoms with Crippen molar-refractivity contribution < 1.29 is 33.8 Å². The fourth-order valence-electron chi connectivity index (χ4n) is 2.74. The first-order chi connectivity index (χ1) is 11.8. The molecule has 1 aromatic carbocycles. The van der Waals surface area contributed by atoms with Crippen LogP contribution in [0.1, 0.15) is 16.8 Å². The van der Waals surface area contributed by atoms with Crippen molar-refractivity contribution in [1.82, 2.24) is 4.90 Å². The van der Waals surface area contributed by atoms with Crippen LogP contribution >= 0.6 is 0 Å². The highest BCUT2D eigenvalue weighted by molar-refractivity contribution is 6.01. The fourth-order valence-corrected chi connectivity index (χ4v) is 2.74. The van der Waals surface area contributed by atoms with E-state index >= 15 is 0 Å². The lowest BCUT2D eigenvalue weighted by Crippen LogP contribution is -2.41. The van der Waals surface area contributed by atoms with Gasteiger partial charge in [-0.25, -0.2) is 4.79 Å². The van der Waals surface area contributed by atoms with Crippen molar-refractivity contribution >= 4 is 17.6 Å². The lowest BCUT2D eigenvalue weighted by atomic mass is 10.1. The third-order valence-electron chi connectivity index (χ3n) is 3.94. The van der Waals surface area contributed by atoms with Gasteiger partial charge in [-0.15, -0.1) is 0 Å². The lowest BCUT2D eigenvalue weighted by Gasteiger charge is -2.22. The van der Waals surface area contributed by atoms with Crippen molar-refractivity contribution in [2.75, 3.05) is 27.9 Å². The number of amides is 1. The number of methoxy groups -OCH3 is 3. The standard InChI is InChI=1S/C15H18N2O8/c1-23-12-5-9(10(17(21)22)6-13(12)24-2)14(19)16-7-8(18)4-11(16)15(20)25-3/h5-6,8,11,18H,4,7H2,1-3H3/t8?,11-/m0/s1. The average molecular weight is 354 g/mol. The number of nitrogens with zero attached hydrogens (tertiary/aromatic N) is 2. The number of nitro benzene ring substituents is 1. The van der Waals surface area contributed by atoms with Crippen molar-refractivity contribution in [3.05, 3.63) is 27.8 Å². The summed E-state index contributed by atoms with van der Waals surface area (Å²) in [5.41, 5.74) is -0.765. The number of nitro groups is 1. The van der Waals surface area contributed by atoms with Crippen LogP contribution in [0.3, 0.4) is 0 Å². The maximum absolute atomic E-state index is 12.8. The summed E-state index contributed by atoms with van der Waals surface area (Å²) in [5, 5.41) is 21.1. The summed E-state index contributed by atoms with van der Waals surface area (Å²) in [4.78, 5) is 36.3. The van der Waals surface area contributed by atoms with Gasteiger partial charge in [0.2, 0.25) is 0 Å². The van der Waals surface area contributed by atoms with Crippen molar-refractivity contribution in [2.24, 2.45) is 0 Å². The van der Waals surface area contributed by atoms with E-state index in [-0.39, 0.29) is 30.0 Å². The summed E-state index contributed by atoms with van der Waals surface area (Å²) in [6.45, 7) is -0.135. The van der Waals surface area contributed by atoms with Gasteiger partial charge >= 0.3 is 5.97 Å². The molecule has 25 heavy (non-hydrogen) atoms. The van der Waals surface area contributed by atoms with E-state index in [0.29, 0.717) is 0 Å². The zero-order valence-corrected chi connectivity index (χ0v) is 13.9. The number of aliphatic hydroxyl groups excluding tert-OH is 1. The molecule has 10 heteroatoms. The molecule has 1 aliphatic heterocycles. The van der Waals surface area contributed by atoms with Crippen molar-refractivity contribution in [2.45, 2.75) is 18.6 Å². The first kappa shape index (κ1) is 18.5. The number of hydrogen-bond acceptors (Lipinski definition) is 8. The van der Waals surface area contributed by atoms with Crippen LogP contribution in [0.5, 0.6) is 11.5 Å². The van der Waals surface area contributed by atoms with Crippen LogP contribution in [0.15, 0.2) is 12.1 Å². The number of rotatable bonds is 5. The van der Waals surface area contributed by atoms with Crippen molar-refractivity contribution in [3.63, 3.8) is 0 Å². The highest BCUT2D eigenvalue weighted by atomic mass is 16.6. The molecule has 0 aliphatic carbocycles. The summed E-state index contributed by atoms with van der Waals surface area (Å²) in [5.74, 6) is -1.25. The highest BCUT2D eigenvalue weighted by Gasteiger charge is 2.41. The van der Waals surface area contributed by atoms with E-state index in [2.05, 4.69) is 4.74 Å². The fraction of sp³-hybridized carbons (Fsp3) is 0.467. The highest BCUT2D eigenvalue weighted by Crippen LogP contribution is 2.36. The number of benzene rings is 1. The second kappa shape index (κ2) is 7.34. The Morgan fingerprint density at radius 1 is 1.24 bits per heavy atom. The molecule has 10 nitrogen and oxygen atoms in total. The molecule has 2 atom stereocenters. The van der Waals surface area contributed by atoms with E-state index in [4.69, 9.17) is 9.47 Å². The van der Waals surface area contributed by atoms with Crippen LogP contribution in [0.25, 0.3) is 0 Å². The molecule has 1 amide bonds. The van der Waals surface area contributed by atoms with E-state index in [1.54, 1.807) is 0 Å². The van der Waals surface area contributed by atoms with Crippen LogP contribution < -0.4 is 9.47 Å². The van der Waals surface area contributed by atoms with Crippen LogP contribution in [0.4, 0.5) is 5.69 Å². The molecule has 0 radical (unpaired) electrons. The predicted molar refractivity (Wildman–Crippen MR) is 83.7 cm³/mol. The number of β-amino-alcohol motifs (C(OH)–C–C–N with tert-alkyl or cyclic N) is 1. The number of hydrogen-bond donors (Lipinski definition) is 1. The lowest BCUT2D eigenvalue weighted by molar-refractivity contribution is -0.385. The Labute approximate surface area is 143 Å². The summed E-state index contributed by atoms with van der Waals surface area (Å²) in [6.07, 6.45) is -0.924. The molecule has 2 rings (SSSR count). The van der Waals surface area contributed by atoms with Gasteiger partial charge in [0, 0.05) is 19.0 Å². The number of carbonyl (C=O) groups is 2. The Hall–Kier alpha value is -2.88. The van der Waals surface area contributed by atoms with Crippen molar-refractivity contribution in [3.8, 4) is 11.5 Å². The smallest absolute Gasteiger partial charge is 0.328 e. The van der Waals surface area contributed by atoms with Gasteiger partial charge in [-0.1, -0.05) is 0 Å². The number of likely N-dealkylation sites (tertiary alicyclic amines) is 1. The molecular formula is C15H18N2O8. The van der Waals surface area contributed by atoms with E-state index in [0.717, 1.165) is 18.1 Å². The van der Waals surface area contributed by atoms with E-state index in [9.17, 15) is 24.8 Å². The molecule has 1 saturated heterocycles. The van der Waals surface area contributed by atoms with Crippen LogP contribution in [-0.4, -0.2) is 66.8 Å². The van der Waals surface area contributed by atoms with Gasteiger partial charge in [-0.05, 0) is 0 Å². The molecule has 1 aromatic rings. The van der Waals surface area contributed by atoms with Gasteiger partial charge in [-0.3, -0.25) is 14.9 Å². The van der Waals surface area contributed by atoms with Gasteiger partial charge < -0.3 is 24.2 Å². The van der Waals surface area contributed by atoms with Crippen molar-refractivity contribution in [1.29, 1.82) is 0 Å². The second-order valence-electron chi connectivity index (χ2n) is 5.37. The summed E-state index contributed by atoms with van der Waals surface area (Å²) >= 11 is 0. The first-order valence-electron chi connectivity index (χ1n) is 7.31. The number of ether oxygens (including phenoxy) is 3. The molecule has 0 spiro atoms. The quantitative estimate of drug-likeness (QED) is 0.456. The van der Waals surface area contributed by atoms with E-state index < -0.39 is 34.6 Å². The zero-order valence-electron chi connectivity index (χ0n) is 13.9. The Kier molecular flexibility index (Phi) is 5.42. The summed E-state index contributed by atoms with van der Waals surface area (Å²) in [6, 6.07) is 1.24. The predicted octanol–water partition coefficient (Wildman–Crippen LogP) is 0.360. The Bertz CT molecular complexity index is 705. The molecule has 1 aliphatic rings. The van der Waals surface area contributed by atoms with E-state index in [1.807, 2.05) is 0 Å². The van der Waals surface area contributed by atoms with Crippen LogP contribution in [0.2, 0.25) is 0 Å². The maximum atomic E-state index is 12.8. The first-order valence-corrected chi connectivity index (χ1v) is 7.31. The van der Waals surface area contributed by atoms with Gasteiger partial charge in [0.25, 0.3) is 11.6 Å². The Morgan fingerprint density at radius 3 is 2.36 bits per heavy atom. The van der Waals surface area contributed by atoms with Gasteiger partial charge in [0.15, 0.2) is 11.5 Å². The average Bonchev–Trinajstić information content (AvgIpc) is 3.00. The van der Waals surface area contributed by atoms with Gasteiger partial charge in [0.05, 0.1) is 38.4 Å². The van der Waals surface area contributed by atoms with Gasteiger partial charge in [0.1, 0.15) is 11.6 Å². The molecule has 136 valence electrons. The van der Waals surface area contributed by atoms with E-state index in [1.165, 1.54) is 20.3 Å². The summed E-state index contributed by atoms with van der Waals surface area (Å²) < 4.78 is 14.7. The van der Waals surface area contributed by atoms with Gasteiger partial charge in [-0.2, -0.15) is 0 Å². The topological polar surface area (TPSA) is 128 Å². The maximum Gasteiger partial charge on any atom is 0.328 e. The molecule has 1 N–H and O–H groups in total. The Balaban J connectivity index is 2.50. The monoisotopic (exact) mass is 354 g/mol. The summed E-state index contributed by atoms with van der Waals surface area (Å²) in [7, 11) is 3.80. The molecule has 0 aromatic heterocycles. The molecule has 1 unspecified atom stereocenters. The van der Waals surface area contributed by atoms with Crippen LogP contribution in [0, 0.1) is 10.1 Å². The third-order valence-corrected chi connectivity index (χ3v) is 3.94. The minimum absolute atomic E-state index is 0.000495. The molecule has 1 heterocycles. The van der Waals surface area contributed by atoms with Crippen LogP contribution in [-0.2, 0) is 9.53 Å². The zero-order chi connectivity index (χ0) is 18.7. The second-order valence-corrected chi connectivity index (χ2v) is 5.37. The molecule has 1 fully saturated rings. The third kappa shape index (κ3) is 3.48. The minimum Gasteiger partial charge on any atom is -0.493 e. The molecular weight excluding hydrogens is 336 g/mol. The number of carbonyl (C=O) groups excluding carboxylic acids is 2. The minimum atomic E-state index is -1.01. The Morgan fingerprint density at radius 2 is 1.84 bits per heavy atom. The normalized spacial score (nSPS) is 19.4. The molecule has 0 saturated carbocycles. The number of aliphatic hydroxyl groups is 1. The molecule has 0 bridgehead atoms.